The number of nitrogens with one attached hydrogen (secondary N) is 2. The minimum absolute atomic E-state index is 0.486. The van der Waals surface area contributed by atoms with E-state index in [-0.39, 0.29) is 0 Å². The van der Waals surface area contributed by atoms with Crippen molar-refractivity contribution in [3.63, 3.8) is 0 Å². The van der Waals surface area contributed by atoms with E-state index in [1.165, 1.54) is 19.3 Å². The number of rotatable bonds is 5. The number of aliphatic imine (C=N–C) groups is 1. The van der Waals surface area contributed by atoms with Gasteiger partial charge >= 0.3 is 0 Å². The number of hydrogen-bond acceptors (Lipinski definition) is 4. The van der Waals surface area contributed by atoms with Crippen molar-refractivity contribution in [1.29, 1.82) is 0 Å². The van der Waals surface area contributed by atoms with E-state index in [9.17, 15) is 0 Å². The quantitative estimate of drug-likeness (QED) is 0.592. The smallest absolute Gasteiger partial charge is 0.191 e. The van der Waals surface area contributed by atoms with Gasteiger partial charge in [-0.25, -0.2) is 0 Å². The third-order valence-corrected chi connectivity index (χ3v) is 5.93. The summed E-state index contributed by atoms with van der Waals surface area (Å²) in [5.41, 5.74) is 0. The maximum atomic E-state index is 5.52. The molecule has 0 radical (unpaired) electrons. The summed E-state index contributed by atoms with van der Waals surface area (Å²) in [6.07, 6.45) is 6.03. The average molecular weight is 329 g/mol. The molecule has 1 saturated heterocycles. The Labute approximate surface area is 139 Å². The van der Waals surface area contributed by atoms with Gasteiger partial charge in [0, 0.05) is 43.5 Å². The Morgan fingerprint density at radius 3 is 2.91 bits per heavy atom. The van der Waals surface area contributed by atoms with Gasteiger partial charge in [-0.2, -0.15) is 11.8 Å². The van der Waals surface area contributed by atoms with Gasteiger partial charge in [-0.15, -0.1) is 0 Å². The van der Waals surface area contributed by atoms with Crippen molar-refractivity contribution in [2.45, 2.75) is 56.5 Å². The number of ether oxygens (including phenoxy) is 1. The zero-order valence-electron chi connectivity index (χ0n) is 14.5. The summed E-state index contributed by atoms with van der Waals surface area (Å²) in [6, 6.07) is 1.55. The Balaban J connectivity index is 1.74. The van der Waals surface area contributed by atoms with Crippen LogP contribution in [-0.2, 0) is 4.74 Å². The van der Waals surface area contributed by atoms with Crippen molar-refractivity contribution in [3.05, 3.63) is 0 Å². The maximum Gasteiger partial charge on any atom is 0.191 e. The van der Waals surface area contributed by atoms with Crippen molar-refractivity contribution in [3.8, 4) is 0 Å². The molecule has 1 aliphatic heterocycles. The van der Waals surface area contributed by atoms with Crippen LogP contribution in [0.2, 0.25) is 0 Å². The van der Waals surface area contributed by atoms with Gasteiger partial charge in [0.25, 0.3) is 0 Å². The highest BCUT2D eigenvalue weighted by Crippen LogP contribution is 2.27. The Hall–Kier alpha value is -0.460. The predicted molar refractivity (Wildman–Crippen MR) is 95.9 cm³/mol. The van der Waals surface area contributed by atoms with Crippen LogP contribution >= 0.6 is 11.8 Å². The second kappa shape index (κ2) is 8.99. The van der Waals surface area contributed by atoms with Crippen LogP contribution in [0.3, 0.4) is 0 Å². The fraction of sp³-hybridized carbons (Fsp3) is 0.938. The standard InChI is InChI=1S/C16H32N4OS/c1-12(20-7-8-21-11-13(20)2)10-18-16(17-3)19-14-5-6-15(9-14)22-4/h12-15H,5-11H2,1-4H3,(H2,17,18,19). The van der Waals surface area contributed by atoms with Crippen molar-refractivity contribution in [2.75, 3.05) is 39.6 Å². The van der Waals surface area contributed by atoms with E-state index >= 15 is 0 Å². The van der Waals surface area contributed by atoms with Gasteiger partial charge in [0.15, 0.2) is 5.96 Å². The maximum absolute atomic E-state index is 5.52. The highest BCUT2D eigenvalue weighted by Gasteiger charge is 2.26. The normalized spacial score (nSPS) is 32.0. The molecule has 2 rings (SSSR count). The van der Waals surface area contributed by atoms with E-state index in [4.69, 9.17) is 4.74 Å². The molecule has 22 heavy (non-hydrogen) atoms. The fourth-order valence-electron chi connectivity index (χ4n) is 3.43. The van der Waals surface area contributed by atoms with E-state index in [2.05, 4.69) is 40.6 Å². The molecule has 1 heterocycles. The largest absolute Gasteiger partial charge is 0.379 e. The van der Waals surface area contributed by atoms with Gasteiger partial charge in [-0.3, -0.25) is 9.89 Å². The lowest BCUT2D eigenvalue weighted by Gasteiger charge is -2.38. The molecule has 0 bridgehead atoms. The predicted octanol–water partition coefficient (Wildman–Crippen LogP) is 1.54. The van der Waals surface area contributed by atoms with Crippen molar-refractivity contribution >= 4 is 17.7 Å². The number of nitrogens with zero attached hydrogens (tertiary/aromatic N) is 2. The van der Waals surface area contributed by atoms with Crippen LogP contribution in [0.1, 0.15) is 33.1 Å². The van der Waals surface area contributed by atoms with E-state index in [1.54, 1.807) is 0 Å². The Bertz CT molecular complexity index is 366. The molecule has 0 aromatic carbocycles. The van der Waals surface area contributed by atoms with Crippen molar-refractivity contribution < 1.29 is 4.74 Å². The van der Waals surface area contributed by atoms with E-state index < -0.39 is 0 Å². The number of guanidine groups is 1. The van der Waals surface area contributed by atoms with E-state index in [0.29, 0.717) is 18.1 Å². The molecule has 128 valence electrons. The summed E-state index contributed by atoms with van der Waals surface area (Å²) in [7, 11) is 1.86. The SMILES string of the molecule is CN=C(NCC(C)N1CCOCC1C)NC1CCC(SC)C1. The zero-order valence-corrected chi connectivity index (χ0v) is 15.3. The van der Waals surface area contributed by atoms with Gasteiger partial charge < -0.3 is 15.4 Å². The molecule has 0 aromatic rings. The molecule has 5 nitrogen and oxygen atoms in total. The molecule has 0 amide bonds. The van der Waals surface area contributed by atoms with Crippen LogP contribution in [-0.4, -0.2) is 73.8 Å². The molecule has 1 saturated carbocycles. The molecular formula is C16H32N4OS. The van der Waals surface area contributed by atoms with E-state index in [1.807, 2.05) is 18.8 Å². The summed E-state index contributed by atoms with van der Waals surface area (Å²) in [5, 5.41) is 7.89. The monoisotopic (exact) mass is 328 g/mol. The number of hydrogen-bond donors (Lipinski definition) is 2. The lowest BCUT2D eigenvalue weighted by molar-refractivity contribution is -0.0174. The lowest BCUT2D eigenvalue weighted by atomic mass is 10.2. The van der Waals surface area contributed by atoms with Crippen molar-refractivity contribution in [1.82, 2.24) is 15.5 Å². The zero-order chi connectivity index (χ0) is 15.9. The average Bonchev–Trinajstić information content (AvgIpc) is 2.99. The third kappa shape index (κ3) is 5.03. The molecule has 2 fully saturated rings. The fourth-order valence-corrected chi connectivity index (χ4v) is 4.23. The summed E-state index contributed by atoms with van der Waals surface area (Å²) in [5.74, 6) is 0.944. The first-order chi connectivity index (χ1) is 10.6. The second-order valence-corrected chi connectivity index (χ2v) is 7.61. The molecule has 4 unspecified atom stereocenters. The molecule has 0 aromatic heterocycles. The molecule has 0 spiro atoms. The van der Waals surface area contributed by atoms with Crippen LogP contribution in [0, 0.1) is 0 Å². The Kier molecular flexibility index (Phi) is 7.31. The molecule has 4 atom stereocenters. The van der Waals surface area contributed by atoms with Crippen LogP contribution in [0.4, 0.5) is 0 Å². The topological polar surface area (TPSA) is 48.9 Å². The molecule has 6 heteroatoms. The van der Waals surface area contributed by atoms with Gasteiger partial charge in [0.05, 0.1) is 13.2 Å². The first-order valence-electron chi connectivity index (χ1n) is 8.47. The van der Waals surface area contributed by atoms with Crippen molar-refractivity contribution in [2.24, 2.45) is 4.99 Å². The highest BCUT2D eigenvalue weighted by molar-refractivity contribution is 7.99. The first kappa shape index (κ1) is 17.9. The number of morpholine rings is 1. The minimum Gasteiger partial charge on any atom is -0.379 e. The first-order valence-corrected chi connectivity index (χ1v) is 9.76. The molecule has 1 aliphatic carbocycles. The van der Waals surface area contributed by atoms with Gasteiger partial charge in [-0.1, -0.05) is 0 Å². The van der Waals surface area contributed by atoms with Crippen LogP contribution < -0.4 is 10.6 Å². The summed E-state index contributed by atoms with van der Waals surface area (Å²) in [4.78, 5) is 6.90. The lowest BCUT2D eigenvalue weighted by Crippen LogP contribution is -2.53. The highest BCUT2D eigenvalue weighted by atomic mass is 32.2. The summed E-state index contributed by atoms with van der Waals surface area (Å²) >= 11 is 1.99. The van der Waals surface area contributed by atoms with Crippen LogP contribution in [0.5, 0.6) is 0 Å². The molecule has 2 N–H and O–H groups in total. The third-order valence-electron chi connectivity index (χ3n) is 4.83. The Morgan fingerprint density at radius 1 is 1.45 bits per heavy atom. The number of thioether (sulfide) groups is 1. The Morgan fingerprint density at radius 2 is 2.27 bits per heavy atom. The second-order valence-electron chi connectivity index (χ2n) is 6.48. The van der Waals surface area contributed by atoms with Gasteiger partial charge in [0.1, 0.15) is 0 Å². The van der Waals surface area contributed by atoms with Gasteiger partial charge in [-0.05, 0) is 39.4 Å². The molecule has 2 aliphatic rings. The van der Waals surface area contributed by atoms with Gasteiger partial charge in [0.2, 0.25) is 0 Å². The summed E-state index contributed by atoms with van der Waals surface area (Å²) < 4.78 is 5.52. The molecular weight excluding hydrogens is 296 g/mol. The summed E-state index contributed by atoms with van der Waals surface area (Å²) in [6.45, 7) is 8.15. The van der Waals surface area contributed by atoms with Crippen LogP contribution in [0.15, 0.2) is 4.99 Å². The van der Waals surface area contributed by atoms with Crippen LogP contribution in [0.25, 0.3) is 0 Å². The van der Waals surface area contributed by atoms with E-state index in [0.717, 1.165) is 37.5 Å². The minimum atomic E-state index is 0.486.